The van der Waals surface area contributed by atoms with Gasteiger partial charge in [0.2, 0.25) is 0 Å². The summed E-state index contributed by atoms with van der Waals surface area (Å²) in [5, 5.41) is 2.79. The third-order valence-electron chi connectivity index (χ3n) is 6.48. The molecule has 0 aliphatic carbocycles. The molecular weight excluding hydrogens is 292 g/mol. The molecule has 0 spiro atoms. The van der Waals surface area contributed by atoms with Crippen molar-refractivity contribution >= 4 is 27.3 Å². The molecule has 0 amide bonds. The summed E-state index contributed by atoms with van der Waals surface area (Å²) in [6.45, 7) is 6.81. The number of fused-ring (bicyclic) bond motifs is 3. The lowest BCUT2D eigenvalue weighted by molar-refractivity contribution is 0.288. The molecule has 0 saturated carbocycles. The van der Waals surface area contributed by atoms with Gasteiger partial charge in [-0.05, 0) is 23.4 Å². The van der Waals surface area contributed by atoms with Gasteiger partial charge in [0.05, 0.1) is 5.52 Å². The Labute approximate surface area is 146 Å². The van der Waals surface area contributed by atoms with E-state index in [9.17, 15) is 0 Å². The van der Waals surface area contributed by atoms with E-state index in [0.29, 0.717) is 5.56 Å². The van der Waals surface area contributed by atoms with Gasteiger partial charge in [0.1, 0.15) is 5.65 Å². The Morgan fingerprint density at radius 2 is 1.71 bits per heavy atom. The molecule has 0 saturated heterocycles. The van der Waals surface area contributed by atoms with Crippen LogP contribution in [0.2, 0.25) is 0 Å². The zero-order chi connectivity index (χ0) is 19.4. The number of aryl methyl sites for hydroxylation is 1. The summed E-state index contributed by atoms with van der Waals surface area (Å²) in [5.74, 6) is 0. The fourth-order valence-corrected chi connectivity index (χ4v) is 4.36. The summed E-state index contributed by atoms with van der Waals surface area (Å²) >= 11 is 0. The Bertz CT molecular complexity index is 1260. The minimum absolute atomic E-state index is 0.143. The first kappa shape index (κ1) is 11.2. The van der Waals surface area contributed by atoms with Gasteiger partial charge < -0.3 is 0 Å². The maximum Gasteiger partial charge on any atom is 0.145 e. The first-order valence-corrected chi connectivity index (χ1v) is 8.43. The van der Waals surface area contributed by atoms with Gasteiger partial charge in [-0.15, -0.1) is 0 Å². The summed E-state index contributed by atoms with van der Waals surface area (Å²) in [7, 11) is 0. The molecule has 0 atom stereocenters. The van der Waals surface area contributed by atoms with E-state index in [1.807, 2.05) is 42.6 Å². The summed E-state index contributed by atoms with van der Waals surface area (Å²) in [6.07, 6.45) is 1.97. The molecule has 1 aliphatic rings. The van der Waals surface area contributed by atoms with Gasteiger partial charge in [-0.25, -0.2) is 4.98 Å². The number of aromatic nitrogens is 2. The number of rotatable bonds is 0. The van der Waals surface area contributed by atoms with E-state index in [2.05, 4.69) is 32.1 Å². The van der Waals surface area contributed by atoms with E-state index in [1.165, 1.54) is 5.56 Å². The fourth-order valence-electron chi connectivity index (χ4n) is 4.36. The molecule has 0 N–H and O–H groups in total. The molecular formula is C22H22N2. The summed E-state index contributed by atoms with van der Waals surface area (Å²) in [5.41, 5.74) is 4.31. The van der Waals surface area contributed by atoms with Crippen LogP contribution in [0.5, 0.6) is 0 Å². The fraction of sp³-hybridized carbons (Fsp3) is 0.318. The van der Waals surface area contributed by atoms with E-state index >= 15 is 0 Å². The van der Waals surface area contributed by atoms with Gasteiger partial charge in [-0.3, -0.25) is 4.40 Å². The topological polar surface area (TPSA) is 17.3 Å². The minimum Gasteiger partial charge on any atom is -0.295 e. The summed E-state index contributed by atoms with van der Waals surface area (Å²) < 4.78 is 26.6. The van der Waals surface area contributed by atoms with Crippen molar-refractivity contribution in [2.24, 2.45) is 0 Å². The highest BCUT2D eigenvalue weighted by atomic mass is 15.0. The van der Waals surface area contributed by atoms with Crippen LogP contribution in [0.25, 0.3) is 27.3 Å². The first-order valence-electron chi connectivity index (χ1n) is 9.93. The molecule has 5 rings (SSSR count). The van der Waals surface area contributed by atoms with Crippen LogP contribution in [0, 0.1) is 6.85 Å². The van der Waals surface area contributed by atoms with E-state index in [1.54, 1.807) is 0 Å². The smallest absolute Gasteiger partial charge is 0.145 e. The van der Waals surface area contributed by atoms with Crippen molar-refractivity contribution in [2.45, 2.75) is 45.4 Å². The molecule has 0 bridgehead atoms. The maximum atomic E-state index is 8.13. The van der Waals surface area contributed by atoms with Gasteiger partial charge in [0.25, 0.3) is 0 Å². The lowest BCUT2D eigenvalue weighted by Crippen LogP contribution is -2.44. The van der Waals surface area contributed by atoms with Crippen LogP contribution in [0.1, 0.15) is 48.6 Å². The summed E-state index contributed by atoms with van der Waals surface area (Å²) in [4.78, 5) is 4.78. The number of imidazole rings is 1. The molecule has 2 aromatic carbocycles. The van der Waals surface area contributed by atoms with E-state index in [-0.39, 0.29) is 10.8 Å². The van der Waals surface area contributed by atoms with E-state index in [0.717, 1.165) is 33.0 Å². The molecule has 0 unspecified atom stereocenters. The molecule has 0 fully saturated rings. The van der Waals surface area contributed by atoms with Crippen LogP contribution in [0.3, 0.4) is 0 Å². The monoisotopic (exact) mass is 317 g/mol. The van der Waals surface area contributed by atoms with Crippen molar-refractivity contribution in [3.63, 3.8) is 0 Å². The zero-order valence-electron chi connectivity index (χ0n) is 17.4. The minimum atomic E-state index is -2.17. The largest absolute Gasteiger partial charge is 0.295 e. The second kappa shape index (κ2) is 4.00. The lowest BCUT2D eigenvalue weighted by atomic mass is 9.60. The van der Waals surface area contributed by atoms with Crippen LogP contribution in [0.15, 0.2) is 42.6 Å². The molecule has 2 nitrogen and oxygen atoms in total. The molecule has 2 heteroatoms. The number of hydrogen-bond donors (Lipinski definition) is 0. The quantitative estimate of drug-likeness (QED) is 0.390. The van der Waals surface area contributed by atoms with Crippen LogP contribution < -0.4 is 0 Å². The predicted molar refractivity (Wildman–Crippen MR) is 101 cm³/mol. The highest BCUT2D eigenvalue weighted by Gasteiger charge is 2.46. The van der Waals surface area contributed by atoms with Gasteiger partial charge in [0, 0.05) is 37.6 Å². The standard InChI is InChI=1S/C22H22N2/c1-13-10-11-16-19-18(13)14-8-6-7-9-15(14)20-23-12-17(24(19)20)22(4,5)21(16,2)3/h6-12H,1-5H3/i1D3. The van der Waals surface area contributed by atoms with E-state index < -0.39 is 6.85 Å². The first-order chi connectivity index (χ1) is 12.6. The van der Waals surface area contributed by atoms with Gasteiger partial charge >= 0.3 is 0 Å². The Morgan fingerprint density at radius 1 is 0.958 bits per heavy atom. The van der Waals surface area contributed by atoms with Crippen LogP contribution in [-0.4, -0.2) is 9.38 Å². The van der Waals surface area contributed by atoms with Crippen molar-refractivity contribution in [3.8, 4) is 0 Å². The van der Waals surface area contributed by atoms with E-state index in [4.69, 9.17) is 9.10 Å². The Balaban J connectivity index is 2.20. The molecule has 3 heterocycles. The van der Waals surface area contributed by atoms with Crippen molar-refractivity contribution < 1.29 is 4.11 Å². The number of pyridine rings is 1. The molecule has 120 valence electrons. The second-order valence-electron chi connectivity index (χ2n) is 7.98. The van der Waals surface area contributed by atoms with Gasteiger partial charge in [0.15, 0.2) is 0 Å². The SMILES string of the molecule is [2H]C([2H])([2H])c1ccc2c3c1c1ccccc1c1ncc(n13)C(C)(C)C2(C)C. The molecule has 2 aromatic heterocycles. The average Bonchev–Trinajstić information content (AvgIpc) is 3.05. The highest BCUT2D eigenvalue weighted by Crippen LogP contribution is 2.51. The normalized spacial score (nSPS) is 20.4. The van der Waals surface area contributed by atoms with Crippen molar-refractivity contribution in [3.05, 3.63) is 59.4 Å². The van der Waals surface area contributed by atoms with Gasteiger partial charge in [-0.2, -0.15) is 0 Å². The second-order valence-corrected chi connectivity index (χ2v) is 7.98. The Morgan fingerprint density at radius 3 is 2.46 bits per heavy atom. The number of hydrogen-bond acceptors (Lipinski definition) is 1. The third kappa shape index (κ3) is 1.33. The molecule has 1 aliphatic heterocycles. The van der Waals surface area contributed by atoms with Crippen molar-refractivity contribution in [1.82, 2.24) is 9.38 Å². The van der Waals surface area contributed by atoms with Crippen molar-refractivity contribution in [2.75, 3.05) is 0 Å². The Hall–Kier alpha value is -2.35. The van der Waals surface area contributed by atoms with Crippen LogP contribution >= 0.6 is 0 Å². The Kier molecular flexibility index (Phi) is 1.87. The highest BCUT2D eigenvalue weighted by molar-refractivity contribution is 6.14. The molecule has 4 aromatic rings. The van der Waals surface area contributed by atoms with Gasteiger partial charge in [-0.1, -0.05) is 64.1 Å². The lowest BCUT2D eigenvalue weighted by Gasteiger charge is -2.46. The third-order valence-corrected chi connectivity index (χ3v) is 6.48. The molecule has 0 radical (unpaired) electrons. The maximum absolute atomic E-state index is 8.13. The summed E-state index contributed by atoms with van der Waals surface area (Å²) in [6, 6.07) is 11.8. The average molecular weight is 317 g/mol. The predicted octanol–water partition coefficient (Wildman–Crippen LogP) is 5.52. The van der Waals surface area contributed by atoms with Crippen LogP contribution in [-0.2, 0) is 10.8 Å². The zero-order valence-corrected chi connectivity index (χ0v) is 14.4. The number of nitrogens with zero attached hydrogens (tertiary/aromatic N) is 2. The van der Waals surface area contributed by atoms with Crippen LogP contribution in [0.4, 0.5) is 0 Å². The molecule has 24 heavy (non-hydrogen) atoms. The van der Waals surface area contributed by atoms with Crippen molar-refractivity contribution in [1.29, 1.82) is 0 Å². The number of benzene rings is 2.